The third-order valence-corrected chi connectivity index (χ3v) is 2.48. The molecular weight excluding hydrogens is 230 g/mol. The van der Waals surface area contributed by atoms with Crippen molar-refractivity contribution in [2.24, 2.45) is 0 Å². The molecule has 0 saturated heterocycles. The van der Waals surface area contributed by atoms with Crippen molar-refractivity contribution in [3.63, 3.8) is 0 Å². The molecule has 0 aromatic carbocycles. The number of halogens is 2. The van der Waals surface area contributed by atoms with E-state index in [9.17, 15) is 13.6 Å². The van der Waals surface area contributed by atoms with E-state index in [1.807, 2.05) is 0 Å². The zero-order chi connectivity index (χ0) is 13.3. The van der Waals surface area contributed by atoms with Gasteiger partial charge in [0.25, 0.3) is 5.92 Å². The van der Waals surface area contributed by atoms with Crippen LogP contribution in [0.25, 0.3) is 0 Å². The first kappa shape index (κ1) is 14.2. The van der Waals surface area contributed by atoms with Gasteiger partial charge in [-0.15, -0.1) is 0 Å². The molecule has 0 bridgehead atoms. The van der Waals surface area contributed by atoms with Crippen LogP contribution in [0.3, 0.4) is 0 Å². The van der Waals surface area contributed by atoms with Crippen molar-refractivity contribution in [1.29, 1.82) is 0 Å². The summed E-state index contributed by atoms with van der Waals surface area (Å²) in [5.74, 6) is -2.69. The fourth-order valence-electron chi connectivity index (χ4n) is 2.05. The van der Waals surface area contributed by atoms with Crippen molar-refractivity contribution in [2.75, 3.05) is 13.6 Å². The molecule has 0 aliphatic heterocycles. The zero-order valence-corrected chi connectivity index (χ0v) is 10.7. The number of alkyl carbamates (subject to hydrolysis) is 1. The highest BCUT2D eigenvalue weighted by atomic mass is 19.3. The van der Waals surface area contributed by atoms with Crippen LogP contribution < -0.4 is 10.6 Å². The Labute approximate surface area is 100 Å². The Balaban J connectivity index is 2.55. The quantitative estimate of drug-likeness (QED) is 0.804. The molecule has 1 aliphatic rings. The predicted molar refractivity (Wildman–Crippen MR) is 60.2 cm³/mol. The van der Waals surface area contributed by atoms with Crippen molar-refractivity contribution in [1.82, 2.24) is 10.6 Å². The normalized spacial score (nSPS) is 21.5. The van der Waals surface area contributed by atoms with E-state index in [0.717, 1.165) is 0 Å². The highest BCUT2D eigenvalue weighted by Crippen LogP contribution is 2.45. The molecule has 17 heavy (non-hydrogen) atoms. The minimum absolute atomic E-state index is 0.307. The molecule has 4 nitrogen and oxygen atoms in total. The van der Waals surface area contributed by atoms with E-state index < -0.39 is 23.2 Å². The molecule has 1 fully saturated rings. The van der Waals surface area contributed by atoms with E-state index in [1.165, 1.54) is 0 Å². The van der Waals surface area contributed by atoms with E-state index >= 15 is 0 Å². The number of carbonyl (C=O) groups is 1. The van der Waals surface area contributed by atoms with Gasteiger partial charge in [-0.3, -0.25) is 0 Å². The monoisotopic (exact) mass is 250 g/mol. The Morgan fingerprint density at radius 3 is 2.24 bits per heavy atom. The Hall–Kier alpha value is -0.910. The summed E-state index contributed by atoms with van der Waals surface area (Å²) in [5.41, 5.74) is -1.52. The summed E-state index contributed by atoms with van der Waals surface area (Å²) in [6, 6.07) is 0. The largest absolute Gasteiger partial charge is 0.444 e. The third kappa shape index (κ3) is 4.11. The molecule has 6 heteroatoms. The van der Waals surface area contributed by atoms with Gasteiger partial charge in [0.15, 0.2) is 0 Å². The average molecular weight is 250 g/mol. The van der Waals surface area contributed by atoms with Crippen LogP contribution in [0.15, 0.2) is 0 Å². The summed E-state index contributed by atoms with van der Waals surface area (Å²) in [6.07, 6.45) is -1.34. The number of hydrogen-bond donors (Lipinski definition) is 2. The summed E-state index contributed by atoms with van der Waals surface area (Å²) >= 11 is 0. The maximum atomic E-state index is 12.9. The zero-order valence-electron chi connectivity index (χ0n) is 10.7. The number of rotatable bonds is 3. The fourth-order valence-corrected chi connectivity index (χ4v) is 2.05. The molecule has 1 aliphatic carbocycles. The molecule has 0 aromatic heterocycles. The number of likely N-dealkylation sites (N-methyl/N-ethyl adjacent to an activating group) is 1. The lowest BCUT2D eigenvalue weighted by atomic mass is 9.73. The van der Waals surface area contributed by atoms with Crippen molar-refractivity contribution in [3.8, 4) is 0 Å². The number of hydrogen-bond acceptors (Lipinski definition) is 3. The van der Waals surface area contributed by atoms with Gasteiger partial charge in [-0.25, -0.2) is 13.6 Å². The lowest BCUT2D eigenvalue weighted by molar-refractivity contribution is -0.131. The van der Waals surface area contributed by atoms with Gasteiger partial charge in [-0.1, -0.05) is 0 Å². The summed E-state index contributed by atoms with van der Waals surface area (Å²) in [6.45, 7) is 5.49. The van der Waals surface area contributed by atoms with Gasteiger partial charge in [-0.05, 0) is 27.8 Å². The fraction of sp³-hybridized carbons (Fsp3) is 0.909. The maximum absolute atomic E-state index is 12.9. The van der Waals surface area contributed by atoms with Crippen LogP contribution in [0, 0.1) is 0 Å². The smallest absolute Gasteiger partial charge is 0.408 e. The van der Waals surface area contributed by atoms with Gasteiger partial charge < -0.3 is 15.4 Å². The lowest BCUT2D eigenvalue weighted by Gasteiger charge is -2.47. The first-order valence-corrected chi connectivity index (χ1v) is 5.61. The predicted octanol–water partition coefficient (Wildman–Crippen LogP) is 1.90. The highest BCUT2D eigenvalue weighted by molar-refractivity contribution is 5.69. The van der Waals surface area contributed by atoms with Crippen molar-refractivity contribution in [3.05, 3.63) is 0 Å². The molecular formula is C11H20F2N2O2. The minimum Gasteiger partial charge on any atom is -0.444 e. The van der Waals surface area contributed by atoms with Gasteiger partial charge in [0.1, 0.15) is 5.60 Å². The van der Waals surface area contributed by atoms with Crippen LogP contribution in [0.1, 0.15) is 33.6 Å². The van der Waals surface area contributed by atoms with E-state index in [-0.39, 0.29) is 12.8 Å². The standard InChI is InChI=1S/C11H20F2N2O2/c1-9(2,3)17-8(16)15-10(7-14-4)5-11(12,13)6-10/h14H,5-7H2,1-4H3,(H,15,16). The molecule has 0 unspecified atom stereocenters. The topological polar surface area (TPSA) is 50.4 Å². The summed E-state index contributed by atoms with van der Waals surface area (Å²) < 4.78 is 30.9. The Bertz CT molecular complexity index is 292. The second-order valence-electron chi connectivity index (χ2n) is 5.65. The highest BCUT2D eigenvalue weighted by Gasteiger charge is 2.57. The van der Waals surface area contributed by atoms with Crippen LogP contribution in [0.5, 0.6) is 0 Å². The van der Waals surface area contributed by atoms with Crippen LogP contribution in [-0.2, 0) is 4.74 Å². The van der Waals surface area contributed by atoms with Crippen LogP contribution in [-0.4, -0.2) is 36.7 Å². The van der Waals surface area contributed by atoms with Crippen molar-refractivity contribution < 1.29 is 18.3 Å². The van der Waals surface area contributed by atoms with Crippen molar-refractivity contribution in [2.45, 2.75) is 50.7 Å². The SMILES string of the molecule is CNCC1(NC(=O)OC(C)(C)C)CC(F)(F)C1. The second kappa shape index (κ2) is 4.40. The van der Waals surface area contributed by atoms with Gasteiger partial charge in [0, 0.05) is 19.4 Å². The van der Waals surface area contributed by atoms with E-state index in [0.29, 0.717) is 6.54 Å². The lowest BCUT2D eigenvalue weighted by Crippen LogP contribution is -2.66. The van der Waals surface area contributed by atoms with Crippen molar-refractivity contribution >= 4 is 6.09 Å². The Morgan fingerprint density at radius 2 is 1.88 bits per heavy atom. The molecule has 1 amide bonds. The summed E-state index contributed by atoms with van der Waals surface area (Å²) in [7, 11) is 1.66. The Kier molecular flexibility index (Phi) is 3.66. The Morgan fingerprint density at radius 1 is 1.35 bits per heavy atom. The molecule has 100 valence electrons. The van der Waals surface area contributed by atoms with Gasteiger partial charge in [-0.2, -0.15) is 0 Å². The second-order valence-corrected chi connectivity index (χ2v) is 5.65. The first-order chi connectivity index (χ1) is 7.58. The molecule has 0 aromatic rings. The van der Waals surface area contributed by atoms with Crippen LogP contribution >= 0.6 is 0 Å². The number of amides is 1. The first-order valence-electron chi connectivity index (χ1n) is 5.61. The maximum Gasteiger partial charge on any atom is 0.408 e. The number of alkyl halides is 2. The molecule has 0 spiro atoms. The van der Waals surface area contributed by atoms with Crippen LogP contribution in [0.2, 0.25) is 0 Å². The number of carbonyl (C=O) groups excluding carboxylic acids is 1. The van der Waals surface area contributed by atoms with Gasteiger partial charge in [0.05, 0.1) is 5.54 Å². The molecule has 0 atom stereocenters. The molecule has 0 radical (unpaired) electrons. The van der Waals surface area contributed by atoms with Crippen LogP contribution in [0.4, 0.5) is 13.6 Å². The van der Waals surface area contributed by atoms with E-state index in [4.69, 9.17) is 4.74 Å². The van der Waals surface area contributed by atoms with Gasteiger partial charge >= 0.3 is 6.09 Å². The number of ether oxygens (including phenoxy) is 1. The average Bonchev–Trinajstić information content (AvgIpc) is 1.95. The summed E-state index contributed by atoms with van der Waals surface area (Å²) in [5, 5.41) is 5.35. The number of nitrogens with one attached hydrogen (secondary N) is 2. The summed E-state index contributed by atoms with van der Waals surface area (Å²) in [4.78, 5) is 11.5. The molecule has 1 rings (SSSR count). The molecule has 2 N–H and O–H groups in total. The van der Waals surface area contributed by atoms with E-state index in [1.54, 1.807) is 27.8 Å². The third-order valence-electron chi connectivity index (χ3n) is 2.48. The molecule has 0 heterocycles. The van der Waals surface area contributed by atoms with Gasteiger partial charge in [0.2, 0.25) is 0 Å². The minimum atomic E-state index is -2.69. The van der Waals surface area contributed by atoms with E-state index in [2.05, 4.69) is 10.6 Å². The molecule has 1 saturated carbocycles.